The molecule has 0 heterocycles. The minimum atomic E-state index is -4.66. The van der Waals surface area contributed by atoms with Crippen LogP contribution in [-0.2, 0) is 6.42 Å². The number of allylic oxidation sites excluding steroid dienone is 1. The quantitative estimate of drug-likeness (QED) is 0.313. The Morgan fingerprint density at radius 2 is 1.69 bits per heavy atom. The van der Waals surface area contributed by atoms with Crippen LogP contribution in [0, 0.1) is 5.82 Å². The van der Waals surface area contributed by atoms with E-state index in [-0.39, 0.29) is 18.2 Å². The lowest BCUT2D eigenvalue weighted by Gasteiger charge is -2.18. The number of aryl methyl sites for hydroxylation is 1. The van der Waals surface area contributed by atoms with Crippen molar-refractivity contribution in [2.24, 2.45) is 0 Å². The number of fused-ring (bicyclic) bond motifs is 1. The number of nitrogens with one attached hydrogen (secondary N) is 1. The molecule has 1 N–H and O–H groups in total. The highest BCUT2D eigenvalue weighted by molar-refractivity contribution is 6.35. The third kappa shape index (κ3) is 6.17. The van der Waals surface area contributed by atoms with Gasteiger partial charge in [-0.1, -0.05) is 53.6 Å². The number of halogens is 9. The van der Waals surface area contributed by atoms with Gasteiger partial charge in [0.15, 0.2) is 5.82 Å². The summed E-state index contributed by atoms with van der Waals surface area (Å²) in [5.74, 6) is -3.04. The number of hydrogen-bond donors (Lipinski definition) is 1. The fourth-order valence-corrected chi connectivity index (χ4v) is 4.22. The second-order valence-corrected chi connectivity index (χ2v) is 8.36. The lowest BCUT2D eigenvalue weighted by Crippen LogP contribution is -2.24. The highest BCUT2D eigenvalue weighted by atomic mass is 35.5. The van der Waals surface area contributed by atoms with E-state index in [0.29, 0.717) is 18.4 Å². The van der Waals surface area contributed by atoms with Crippen molar-refractivity contribution in [2.75, 3.05) is 6.54 Å². The molecular weight excluding hydrogens is 482 g/mol. The average molecular weight is 500 g/mol. The summed E-state index contributed by atoms with van der Waals surface area (Å²) >= 11 is 11.3. The molecular formula is C22H18Cl2F7N. The maximum absolute atomic E-state index is 13.6. The molecule has 1 aliphatic rings. The van der Waals surface area contributed by atoms with Crippen molar-refractivity contribution in [1.82, 2.24) is 5.32 Å². The van der Waals surface area contributed by atoms with E-state index in [4.69, 9.17) is 23.2 Å². The Morgan fingerprint density at radius 3 is 2.28 bits per heavy atom. The van der Waals surface area contributed by atoms with Gasteiger partial charge in [-0.3, -0.25) is 0 Å². The van der Waals surface area contributed by atoms with Crippen molar-refractivity contribution in [1.29, 1.82) is 0 Å². The average Bonchev–Trinajstić information content (AvgIpc) is 3.06. The summed E-state index contributed by atoms with van der Waals surface area (Å²) in [5.41, 5.74) is 1.93. The van der Waals surface area contributed by atoms with Gasteiger partial charge in [-0.05, 0) is 47.2 Å². The second kappa shape index (κ2) is 9.61. The van der Waals surface area contributed by atoms with Crippen LogP contribution in [0.3, 0.4) is 0 Å². The Balaban J connectivity index is 1.78. The number of benzene rings is 2. The van der Waals surface area contributed by atoms with Crippen molar-refractivity contribution in [2.45, 2.75) is 43.6 Å². The van der Waals surface area contributed by atoms with E-state index in [0.717, 1.165) is 29.3 Å². The molecule has 0 spiro atoms. The molecule has 0 saturated heterocycles. The first-order chi connectivity index (χ1) is 14.8. The molecule has 2 aromatic carbocycles. The first kappa shape index (κ1) is 24.9. The molecule has 2 aromatic rings. The summed E-state index contributed by atoms with van der Waals surface area (Å²) in [7, 11) is 0. The minimum absolute atomic E-state index is 0.203. The predicted molar refractivity (Wildman–Crippen MR) is 110 cm³/mol. The van der Waals surface area contributed by atoms with E-state index in [1.54, 1.807) is 18.2 Å². The van der Waals surface area contributed by atoms with Gasteiger partial charge < -0.3 is 5.32 Å². The minimum Gasteiger partial charge on any atom is -0.310 e. The van der Waals surface area contributed by atoms with Crippen LogP contribution in [0.1, 0.15) is 47.1 Å². The lowest BCUT2D eigenvalue weighted by molar-refractivity contribution is -0.139. The van der Waals surface area contributed by atoms with E-state index in [1.165, 1.54) is 6.08 Å². The van der Waals surface area contributed by atoms with Crippen LogP contribution >= 0.6 is 23.2 Å². The fourth-order valence-electron chi connectivity index (χ4n) is 3.71. The van der Waals surface area contributed by atoms with Gasteiger partial charge in [-0.2, -0.15) is 26.3 Å². The molecule has 0 bridgehead atoms. The molecule has 0 aliphatic heterocycles. The molecule has 3 rings (SSSR count). The zero-order valence-electron chi connectivity index (χ0n) is 16.4. The monoisotopic (exact) mass is 499 g/mol. The molecule has 0 fully saturated rings. The maximum atomic E-state index is 13.6. The Kier molecular flexibility index (Phi) is 7.47. The second-order valence-electron chi connectivity index (χ2n) is 7.55. The third-order valence-corrected chi connectivity index (χ3v) is 5.79. The standard InChI is InChI=1S/C22H18Cl2F7N/c23-17-10-14(11-18(24)20(17)25)16(22(29,30)31)5-2-12-1-4-15-13(9-12)3-6-19(15)32-8-7-21(26,27)28/h1-2,4-5,9-11,16,19,32H,3,6-8H2. The Labute approximate surface area is 190 Å². The molecule has 0 radical (unpaired) electrons. The molecule has 32 heavy (non-hydrogen) atoms. The van der Waals surface area contributed by atoms with Crippen LogP contribution in [0.5, 0.6) is 0 Å². The van der Waals surface area contributed by atoms with Crippen molar-refractivity contribution < 1.29 is 30.7 Å². The van der Waals surface area contributed by atoms with Crippen molar-refractivity contribution in [3.63, 3.8) is 0 Å². The zero-order chi connectivity index (χ0) is 23.7. The summed E-state index contributed by atoms with van der Waals surface area (Å²) < 4.78 is 91.5. The first-order valence-corrected chi connectivity index (χ1v) is 10.4. The van der Waals surface area contributed by atoms with Gasteiger partial charge in [-0.25, -0.2) is 4.39 Å². The Bertz CT molecular complexity index is 976. The highest BCUT2D eigenvalue weighted by Crippen LogP contribution is 2.40. The van der Waals surface area contributed by atoms with Gasteiger partial charge in [0.05, 0.1) is 22.4 Å². The van der Waals surface area contributed by atoms with Gasteiger partial charge in [0, 0.05) is 12.6 Å². The largest absolute Gasteiger partial charge is 0.399 e. The smallest absolute Gasteiger partial charge is 0.310 e. The Morgan fingerprint density at radius 1 is 1.03 bits per heavy atom. The summed E-state index contributed by atoms with van der Waals surface area (Å²) in [5, 5.41) is 1.87. The molecule has 0 amide bonds. The van der Waals surface area contributed by atoms with Crippen LogP contribution in [-0.4, -0.2) is 18.9 Å². The van der Waals surface area contributed by atoms with Crippen LogP contribution in [0.25, 0.3) is 6.08 Å². The normalized spacial score (nSPS) is 17.7. The molecule has 0 saturated carbocycles. The molecule has 174 valence electrons. The van der Waals surface area contributed by atoms with E-state index in [2.05, 4.69) is 5.32 Å². The molecule has 2 atom stereocenters. The number of rotatable bonds is 6. The van der Waals surface area contributed by atoms with Crippen LogP contribution in [0.4, 0.5) is 30.7 Å². The molecule has 10 heteroatoms. The summed E-state index contributed by atoms with van der Waals surface area (Å²) in [6.07, 6.45) is -6.38. The zero-order valence-corrected chi connectivity index (χ0v) is 17.9. The molecule has 1 nitrogen and oxygen atoms in total. The predicted octanol–water partition coefficient (Wildman–Crippen LogP) is 8.02. The van der Waals surface area contributed by atoms with Crippen molar-refractivity contribution in [3.8, 4) is 0 Å². The van der Waals surface area contributed by atoms with E-state index >= 15 is 0 Å². The van der Waals surface area contributed by atoms with Crippen LogP contribution < -0.4 is 5.32 Å². The summed E-state index contributed by atoms with van der Waals surface area (Å²) in [6, 6.07) is 6.60. The topological polar surface area (TPSA) is 12.0 Å². The molecule has 1 aliphatic carbocycles. The fraction of sp³-hybridized carbons (Fsp3) is 0.364. The first-order valence-electron chi connectivity index (χ1n) is 9.67. The summed E-state index contributed by atoms with van der Waals surface area (Å²) in [6.45, 7) is -0.203. The molecule has 0 aromatic heterocycles. The Hall–Kier alpha value is -1.77. The number of hydrogen-bond acceptors (Lipinski definition) is 1. The highest BCUT2D eigenvalue weighted by Gasteiger charge is 2.39. The van der Waals surface area contributed by atoms with Gasteiger partial charge in [0.2, 0.25) is 0 Å². The van der Waals surface area contributed by atoms with Crippen molar-refractivity contribution >= 4 is 29.3 Å². The van der Waals surface area contributed by atoms with Crippen LogP contribution in [0.2, 0.25) is 10.0 Å². The van der Waals surface area contributed by atoms with E-state index in [1.807, 2.05) is 0 Å². The third-order valence-electron chi connectivity index (χ3n) is 5.24. The maximum Gasteiger partial charge on any atom is 0.399 e. The summed E-state index contributed by atoms with van der Waals surface area (Å²) in [4.78, 5) is 0. The SMILES string of the molecule is Fc1c(Cl)cc(C(C=Cc2ccc3c(c2)CCC3NCCC(F)(F)F)C(F)(F)F)cc1Cl. The molecule has 2 unspecified atom stereocenters. The van der Waals surface area contributed by atoms with Crippen molar-refractivity contribution in [3.05, 3.63) is 74.5 Å². The van der Waals surface area contributed by atoms with E-state index in [9.17, 15) is 30.7 Å². The van der Waals surface area contributed by atoms with Gasteiger partial charge in [0.1, 0.15) is 0 Å². The van der Waals surface area contributed by atoms with Gasteiger partial charge >= 0.3 is 12.4 Å². The number of alkyl halides is 6. The lowest BCUT2D eigenvalue weighted by atomic mass is 9.96. The van der Waals surface area contributed by atoms with Gasteiger partial charge in [0.25, 0.3) is 0 Å². The van der Waals surface area contributed by atoms with Crippen LogP contribution in [0.15, 0.2) is 36.4 Å². The van der Waals surface area contributed by atoms with E-state index < -0.39 is 40.6 Å². The van der Waals surface area contributed by atoms with Gasteiger partial charge in [-0.15, -0.1) is 0 Å².